The molecule has 1 aliphatic carbocycles. The average Bonchev–Trinajstić information content (AvgIpc) is 2.05. The summed E-state index contributed by atoms with van der Waals surface area (Å²) < 4.78 is 0. The second-order valence-corrected chi connectivity index (χ2v) is 4.67. The zero-order valence-corrected chi connectivity index (χ0v) is 8.66. The quantitative estimate of drug-likeness (QED) is 0.605. The summed E-state index contributed by atoms with van der Waals surface area (Å²) in [7, 11) is 0. The van der Waals surface area contributed by atoms with E-state index in [1.807, 2.05) is 0 Å². The van der Waals surface area contributed by atoms with Crippen LogP contribution in [-0.2, 0) is 0 Å². The second kappa shape index (κ2) is 3.84. The van der Waals surface area contributed by atoms with Crippen molar-refractivity contribution in [2.24, 2.45) is 11.3 Å². The molecule has 0 aliphatic heterocycles. The molecule has 1 heteroatoms. The van der Waals surface area contributed by atoms with E-state index in [0.717, 1.165) is 11.7 Å². The van der Waals surface area contributed by atoms with Gasteiger partial charge in [0.05, 0.1) is 0 Å². The lowest BCUT2D eigenvalue weighted by Gasteiger charge is -2.37. The summed E-state index contributed by atoms with van der Waals surface area (Å²) in [6, 6.07) is 0. The van der Waals surface area contributed by atoms with Gasteiger partial charge in [-0.15, -0.1) is 0 Å². The van der Waals surface area contributed by atoms with Gasteiger partial charge in [-0.2, -0.15) is 12.6 Å². The van der Waals surface area contributed by atoms with Gasteiger partial charge in [-0.05, 0) is 36.3 Å². The maximum absolute atomic E-state index is 4.38. The van der Waals surface area contributed by atoms with E-state index >= 15 is 0 Å². The Hall–Kier alpha value is 0.350. The average molecular weight is 172 g/mol. The highest BCUT2D eigenvalue weighted by Crippen LogP contribution is 2.41. The molecule has 0 radical (unpaired) electrons. The predicted octanol–water partition coefficient (Wildman–Crippen LogP) is 3.52. The third-order valence-corrected chi connectivity index (χ3v) is 3.80. The summed E-state index contributed by atoms with van der Waals surface area (Å²) in [5.74, 6) is 1.99. The molecule has 0 bridgehead atoms. The summed E-state index contributed by atoms with van der Waals surface area (Å²) in [4.78, 5) is 0. The van der Waals surface area contributed by atoms with E-state index in [0.29, 0.717) is 5.41 Å². The lowest BCUT2D eigenvalue weighted by molar-refractivity contribution is 0.164. The van der Waals surface area contributed by atoms with Crippen LogP contribution in [0.1, 0.15) is 46.0 Å². The van der Waals surface area contributed by atoms with Crippen LogP contribution in [0.2, 0.25) is 0 Å². The molecule has 0 spiro atoms. The van der Waals surface area contributed by atoms with Crippen molar-refractivity contribution < 1.29 is 0 Å². The van der Waals surface area contributed by atoms with Crippen molar-refractivity contribution in [3.8, 4) is 0 Å². The number of thiol groups is 1. The van der Waals surface area contributed by atoms with Gasteiger partial charge >= 0.3 is 0 Å². The van der Waals surface area contributed by atoms with Gasteiger partial charge in [0.25, 0.3) is 0 Å². The maximum Gasteiger partial charge on any atom is -0.00693 e. The van der Waals surface area contributed by atoms with Crippen molar-refractivity contribution in [3.63, 3.8) is 0 Å². The lowest BCUT2D eigenvalue weighted by atomic mass is 9.70. The van der Waals surface area contributed by atoms with Gasteiger partial charge in [0.2, 0.25) is 0 Å². The summed E-state index contributed by atoms with van der Waals surface area (Å²) in [5.41, 5.74) is 0.644. The second-order valence-electron chi connectivity index (χ2n) is 4.31. The SMILES string of the molecule is CCC1(C)CCCC(CS)C1. The minimum absolute atomic E-state index is 0.644. The normalized spacial score (nSPS) is 39.0. The van der Waals surface area contributed by atoms with E-state index in [2.05, 4.69) is 26.5 Å². The highest BCUT2D eigenvalue weighted by Gasteiger charge is 2.29. The molecule has 0 nitrogen and oxygen atoms in total. The van der Waals surface area contributed by atoms with E-state index in [4.69, 9.17) is 0 Å². The van der Waals surface area contributed by atoms with Crippen LogP contribution in [0, 0.1) is 11.3 Å². The van der Waals surface area contributed by atoms with Crippen LogP contribution in [-0.4, -0.2) is 5.75 Å². The highest BCUT2D eigenvalue weighted by atomic mass is 32.1. The Labute approximate surface area is 76.2 Å². The Balaban J connectivity index is 2.44. The number of hydrogen-bond donors (Lipinski definition) is 1. The van der Waals surface area contributed by atoms with Crippen LogP contribution in [0.5, 0.6) is 0 Å². The molecule has 0 aromatic carbocycles. The first-order valence-corrected chi connectivity index (χ1v) is 5.44. The van der Waals surface area contributed by atoms with Crippen molar-refractivity contribution in [3.05, 3.63) is 0 Å². The van der Waals surface area contributed by atoms with E-state index in [1.165, 1.54) is 32.1 Å². The molecule has 0 aromatic heterocycles. The molecule has 1 fully saturated rings. The largest absolute Gasteiger partial charge is 0.179 e. The van der Waals surface area contributed by atoms with Crippen LogP contribution in [0.25, 0.3) is 0 Å². The fourth-order valence-electron chi connectivity index (χ4n) is 2.20. The van der Waals surface area contributed by atoms with Gasteiger partial charge in [0.15, 0.2) is 0 Å². The van der Waals surface area contributed by atoms with Gasteiger partial charge in [-0.25, -0.2) is 0 Å². The number of rotatable bonds is 2. The number of hydrogen-bond acceptors (Lipinski definition) is 1. The van der Waals surface area contributed by atoms with Gasteiger partial charge < -0.3 is 0 Å². The van der Waals surface area contributed by atoms with Crippen LogP contribution in [0.4, 0.5) is 0 Å². The molecule has 66 valence electrons. The molecular formula is C10H20S. The van der Waals surface area contributed by atoms with Crippen molar-refractivity contribution in [1.29, 1.82) is 0 Å². The predicted molar refractivity (Wildman–Crippen MR) is 54.2 cm³/mol. The minimum atomic E-state index is 0.644. The van der Waals surface area contributed by atoms with Gasteiger partial charge in [-0.1, -0.05) is 26.7 Å². The van der Waals surface area contributed by atoms with Crippen molar-refractivity contribution in [2.45, 2.75) is 46.0 Å². The van der Waals surface area contributed by atoms with E-state index < -0.39 is 0 Å². The van der Waals surface area contributed by atoms with Crippen LogP contribution >= 0.6 is 12.6 Å². The molecule has 2 unspecified atom stereocenters. The van der Waals surface area contributed by atoms with Gasteiger partial charge in [0.1, 0.15) is 0 Å². The molecular weight excluding hydrogens is 152 g/mol. The summed E-state index contributed by atoms with van der Waals surface area (Å²) >= 11 is 4.38. The molecule has 0 heterocycles. The molecule has 0 amide bonds. The fourth-order valence-corrected chi connectivity index (χ4v) is 2.51. The van der Waals surface area contributed by atoms with E-state index in [-0.39, 0.29) is 0 Å². The zero-order valence-electron chi connectivity index (χ0n) is 7.77. The minimum Gasteiger partial charge on any atom is -0.179 e. The van der Waals surface area contributed by atoms with E-state index in [1.54, 1.807) is 0 Å². The third kappa shape index (κ3) is 2.40. The van der Waals surface area contributed by atoms with E-state index in [9.17, 15) is 0 Å². The van der Waals surface area contributed by atoms with Crippen LogP contribution in [0.3, 0.4) is 0 Å². The maximum atomic E-state index is 4.38. The van der Waals surface area contributed by atoms with Gasteiger partial charge in [-0.3, -0.25) is 0 Å². The molecule has 1 aliphatic rings. The molecule has 1 saturated carbocycles. The topological polar surface area (TPSA) is 0 Å². The molecule has 0 aromatic rings. The molecule has 2 atom stereocenters. The van der Waals surface area contributed by atoms with Crippen molar-refractivity contribution in [2.75, 3.05) is 5.75 Å². The summed E-state index contributed by atoms with van der Waals surface area (Å²) in [5, 5.41) is 0. The Morgan fingerprint density at radius 3 is 2.82 bits per heavy atom. The van der Waals surface area contributed by atoms with Crippen LogP contribution < -0.4 is 0 Å². The summed E-state index contributed by atoms with van der Waals surface area (Å²) in [6.45, 7) is 4.75. The first-order chi connectivity index (χ1) is 5.20. The monoisotopic (exact) mass is 172 g/mol. The zero-order chi connectivity index (χ0) is 8.32. The first kappa shape index (κ1) is 9.44. The lowest BCUT2D eigenvalue weighted by Crippen LogP contribution is -2.25. The highest BCUT2D eigenvalue weighted by molar-refractivity contribution is 7.80. The molecule has 11 heavy (non-hydrogen) atoms. The third-order valence-electron chi connectivity index (χ3n) is 3.29. The Kier molecular flexibility index (Phi) is 3.29. The Bertz CT molecular complexity index is 122. The Morgan fingerprint density at radius 2 is 2.27 bits per heavy atom. The fraction of sp³-hybridized carbons (Fsp3) is 1.00. The smallest absolute Gasteiger partial charge is 0.00693 e. The van der Waals surface area contributed by atoms with Crippen molar-refractivity contribution >= 4 is 12.6 Å². The molecule has 1 rings (SSSR count). The summed E-state index contributed by atoms with van der Waals surface area (Å²) in [6.07, 6.45) is 7.03. The molecule has 0 N–H and O–H groups in total. The standard InChI is InChI=1S/C10H20S/c1-3-10(2)6-4-5-9(7-10)8-11/h9,11H,3-8H2,1-2H3. The molecule has 0 saturated heterocycles. The Morgan fingerprint density at radius 1 is 1.55 bits per heavy atom. The first-order valence-electron chi connectivity index (χ1n) is 4.81. The van der Waals surface area contributed by atoms with Crippen molar-refractivity contribution in [1.82, 2.24) is 0 Å². The van der Waals surface area contributed by atoms with Crippen LogP contribution in [0.15, 0.2) is 0 Å². The van der Waals surface area contributed by atoms with Gasteiger partial charge in [0, 0.05) is 0 Å².